The van der Waals surface area contributed by atoms with Gasteiger partial charge in [-0.25, -0.2) is 4.79 Å². The van der Waals surface area contributed by atoms with Crippen LogP contribution in [0.15, 0.2) is 76.3 Å². The molecule has 0 fully saturated rings. The summed E-state index contributed by atoms with van der Waals surface area (Å²) in [6, 6.07) is 22.8. The van der Waals surface area contributed by atoms with Crippen LogP contribution in [0.25, 0.3) is 10.8 Å². The number of nitrogens with zero attached hydrogens (tertiary/aromatic N) is 2. The van der Waals surface area contributed by atoms with Crippen LogP contribution >= 0.6 is 0 Å². The summed E-state index contributed by atoms with van der Waals surface area (Å²) in [5.41, 5.74) is 3.64. The van der Waals surface area contributed by atoms with Crippen molar-refractivity contribution in [2.75, 3.05) is 11.4 Å². The van der Waals surface area contributed by atoms with Gasteiger partial charge in [0.2, 0.25) is 0 Å². The predicted molar refractivity (Wildman–Crippen MR) is 120 cm³/mol. The fourth-order valence-electron chi connectivity index (χ4n) is 4.33. The molecule has 1 N–H and O–H groups in total. The second-order valence-corrected chi connectivity index (χ2v) is 7.92. The van der Waals surface area contributed by atoms with E-state index in [2.05, 4.69) is 58.4 Å². The third kappa shape index (κ3) is 3.22. The molecule has 4 aromatic rings. The molecule has 5 heteroatoms. The second-order valence-electron chi connectivity index (χ2n) is 7.92. The zero-order chi connectivity index (χ0) is 20.7. The van der Waals surface area contributed by atoms with E-state index in [4.69, 9.17) is 0 Å². The highest BCUT2D eigenvalue weighted by atomic mass is 16.2. The van der Waals surface area contributed by atoms with Gasteiger partial charge in [-0.3, -0.25) is 14.3 Å². The zero-order valence-electron chi connectivity index (χ0n) is 16.9. The van der Waals surface area contributed by atoms with Gasteiger partial charge in [-0.1, -0.05) is 66.7 Å². The lowest BCUT2D eigenvalue weighted by molar-refractivity contribution is 0.688. The van der Waals surface area contributed by atoms with Crippen LogP contribution in [0.5, 0.6) is 0 Å². The lowest BCUT2D eigenvalue weighted by Crippen LogP contribution is -2.40. The Balaban J connectivity index is 1.58. The van der Waals surface area contributed by atoms with E-state index in [1.165, 1.54) is 23.6 Å². The maximum Gasteiger partial charge on any atom is 0.329 e. The fraction of sp³-hybridized carbons (Fsp3) is 0.200. The van der Waals surface area contributed by atoms with Crippen molar-refractivity contribution in [2.45, 2.75) is 19.4 Å². The van der Waals surface area contributed by atoms with Crippen molar-refractivity contribution in [3.05, 3.63) is 110 Å². The SMILES string of the molecule is Cn1c(=O)[nH]c(N2CCc3ccccc3C2)c(Cc2ccc3ccccc3c2)c1=O. The molecule has 0 unspecified atom stereocenters. The lowest BCUT2D eigenvalue weighted by Gasteiger charge is -2.31. The van der Waals surface area contributed by atoms with E-state index in [1.54, 1.807) is 0 Å². The standard InChI is InChI=1S/C25H23N3O2/c1-27-24(29)22(15-17-10-11-18-6-2-4-8-20(18)14-17)23(26-25(27)30)28-13-12-19-7-3-5-9-21(19)16-28/h2-11,14H,12-13,15-16H2,1H3,(H,26,30). The molecule has 150 valence electrons. The van der Waals surface area contributed by atoms with E-state index in [-0.39, 0.29) is 11.2 Å². The maximum atomic E-state index is 13.1. The Hall–Kier alpha value is -3.60. The van der Waals surface area contributed by atoms with Crippen molar-refractivity contribution in [3.63, 3.8) is 0 Å². The highest BCUT2D eigenvalue weighted by Crippen LogP contribution is 2.26. The van der Waals surface area contributed by atoms with Crippen LogP contribution in [0.3, 0.4) is 0 Å². The molecule has 0 radical (unpaired) electrons. The molecule has 0 aliphatic carbocycles. The van der Waals surface area contributed by atoms with Crippen LogP contribution < -0.4 is 16.1 Å². The van der Waals surface area contributed by atoms with Crippen molar-refractivity contribution in [1.82, 2.24) is 9.55 Å². The van der Waals surface area contributed by atoms with Crippen molar-refractivity contribution in [1.29, 1.82) is 0 Å². The minimum absolute atomic E-state index is 0.235. The van der Waals surface area contributed by atoms with E-state index in [1.807, 2.05) is 18.2 Å². The Kier molecular flexibility index (Phi) is 4.51. The number of hydrogen-bond donors (Lipinski definition) is 1. The number of aromatic amines is 1. The van der Waals surface area contributed by atoms with Gasteiger partial charge in [0.1, 0.15) is 5.82 Å². The van der Waals surface area contributed by atoms with E-state index in [0.29, 0.717) is 24.3 Å². The van der Waals surface area contributed by atoms with Crippen LogP contribution in [0.4, 0.5) is 5.82 Å². The molecular formula is C25H23N3O2. The smallest absolute Gasteiger partial charge is 0.329 e. The number of hydrogen-bond acceptors (Lipinski definition) is 3. The number of aromatic nitrogens is 2. The number of H-pyrrole nitrogens is 1. The third-order valence-electron chi connectivity index (χ3n) is 6.02. The van der Waals surface area contributed by atoms with Crippen LogP contribution in [0.1, 0.15) is 22.3 Å². The number of anilines is 1. The first-order valence-electron chi connectivity index (χ1n) is 10.2. The number of fused-ring (bicyclic) bond motifs is 2. The summed E-state index contributed by atoms with van der Waals surface area (Å²) in [6.07, 6.45) is 1.37. The summed E-state index contributed by atoms with van der Waals surface area (Å²) in [6.45, 7) is 1.45. The Labute approximate surface area is 174 Å². The number of benzene rings is 3. The van der Waals surface area contributed by atoms with E-state index in [9.17, 15) is 9.59 Å². The molecule has 0 bridgehead atoms. The summed E-state index contributed by atoms with van der Waals surface area (Å²) in [5, 5.41) is 2.31. The quantitative estimate of drug-likeness (QED) is 0.577. The summed E-state index contributed by atoms with van der Waals surface area (Å²) in [5.74, 6) is 0.644. The average molecular weight is 397 g/mol. The molecule has 0 atom stereocenters. The molecule has 0 saturated heterocycles. The van der Waals surface area contributed by atoms with Crippen molar-refractivity contribution in [2.24, 2.45) is 7.05 Å². The third-order valence-corrected chi connectivity index (χ3v) is 6.02. The summed E-state index contributed by atoms with van der Waals surface area (Å²) >= 11 is 0. The van der Waals surface area contributed by atoms with Gasteiger partial charge in [-0.2, -0.15) is 0 Å². The Bertz CT molecular complexity index is 1370. The van der Waals surface area contributed by atoms with Crippen molar-refractivity contribution < 1.29 is 0 Å². The Morgan fingerprint density at radius 3 is 2.47 bits per heavy atom. The molecular weight excluding hydrogens is 374 g/mol. The zero-order valence-corrected chi connectivity index (χ0v) is 16.9. The van der Waals surface area contributed by atoms with E-state index >= 15 is 0 Å². The molecule has 1 aliphatic rings. The molecule has 0 spiro atoms. The topological polar surface area (TPSA) is 58.1 Å². The van der Waals surface area contributed by atoms with Crippen LogP contribution in [-0.4, -0.2) is 16.1 Å². The van der Waals surface area contributed by atoms with Gasteiger partial charge in [-0.05, 0) is 33.9 Å². The van der Waals surface area contributed by atoms with Crippen molar-refractivity contribution >= 4 is 16.6 Å². The van der Waals surface area contributed by atoms with Crippen molar-refractivity contribution in [3.8, 4) is 0 Å². The summed E-state index contributed by atoms with van der Waals surface area (Å²) < 4.78 is 1.16. The molecule has 3 aromatic carbocycles. The first-order chi connectivity index (χ1) is 14.6. The molecule has 5 rings (SSSR count). The monoisotopic (exact) mass is 397 g/mol. The Morgan fingerprint density at radius 2 is 1.63 bits per heavy atom. The highest BCUT2D eigenvalue weighted by molar-refractivity contribution is 5.83. The number of nitrogens with one attached hydrogen (secondary N) is 1. The molecule has 30 heavy (non-hydrogen) atoms. The van der Waals surface area contributed by atoms with Crippen LogP contribution in [0, 0.1) is 0 Å². The maximum absolute atomic E-state index is 13.1. The predicted octanol–water partition coefficient (Wildman–Crippen LogP) is 3.38. The van der Waals surface area contributed by atoms with E-state index in [0.717, 1.165) is 28.5 Å². The van der Waals surface area contributed by atoms with Gasteiger partial charge < -0.3 is 4.90 Å². The van der Waals surface area contributed by atoms with Gasteiger partial charge in [-0.15, -0.1) is 0 Å². The molecule has 1 aromatic heterocycles. The highest BCUT2D eigenvalue weighted by Gasteiger charge is 2.22. The minimum Gasteiger partial charge on any atom is -0.353 e. The van der Waals surface area contributed by atoms with Crippen LogP contribution in [0.2, 0.25) is 0 Å². The Morgan fingerprint density at radius 1 is 0.900 bits per heavy atom. The van der Waals surface area contributed by atoms with Gasteiger partial charge in [0.25, 0.3) is 5.56 Å². The largest absolute Gasteiger partial charge is 0.353 e. The molecule has 5 nitrogen and oxygen atoms in total. The number of rotatable bonds is 3. The van der Waals surface area contributed by atoms with Gasteiger partial charge >= 0.3 is 5.69 Å². The first-order valence-corrected chi connectivity index (χ1v) is 10.2. The van der Waals surface area contributed by atoms with Gasteiger partial charge in [0, 0.05) is 26.6 Å². The molecule has 1 aliphatic heterocycles. The molecule has 0 saturated carbocycles. The fourth-order valence-corrected chi connectivity index (χ4v) is 4.33. The summed E-state index contributed by atoms with van der Waals surface area (Å²) in [7, 11) is 1.53. The summed E-state index contributed by atoms with van der Waals surface area (Å²) in [4.78, 5) is 30.6. The minimum atomic E-state index is -0.379. The van der Waals surface area contributed by atoms with Gasteiger partial charge in [0.05, 0.1) is 5.56 Å². The van der Waals surface area contributed by atoms with Crippen LogP contribution in [-0.2, 0) is 26.4 Å². The van der Waals surface area contributed by atoms with E-state index < -0.39 is 0 Å². The van der Waals surface area contributed by atoms with Gasteiger partial charge in [0.15, 0.2) is 0 Å². The molecule has 2 heterocycles. The lowest BCUT2D eigenvalue weighted by atomic mass is 9.98. The second kappa shape index (κ2) is 7.34. The molecule has 0 amide bonds. The normalized spacial score (nSPS) is 13.4. The average Bonchev–Trinajstić information content (AvgIpc) is 2.79. The first kappa shape index (κ1) is 18.4.